The summed E-state index contributed by atoms with van der Waals surface area (Å²) in [6.07, 6.45) is 2.70. The summed E-state index contributed by atoms with van der Waals surface area (Å²) in [6.45, 7) is 0. The number of halogens is 1. The number of carbonyl (C=O) groups excluding carboxylic acids is 1. The van der Waals surface area contributed by atoms with E-state index in [2.05, 4.69) is 25.5 Å². The van der Waals surface area contributed by atoms with Gasteiger partial charge in [-0.15, -0.1) is 0 Å². The number of aromatic amines is 1. The number of rotatable bonds is 2. The Morgan fingerprint density at radius 3 is 2.87 bits per heavy atom. The van der Waals surface area contributed by atoms with Crippen LogP contribution < -0.4 is 5.32 Å². The zero-order chi connectivity index (χ0) is 10.7. The molecule has 2 aromatic heterocycles. The van der Waals surface area contributed by atoms with E-state index in [0.717, 1.165) is 0 Å². The van der Waals surface area contributed by atoms with Crippen molar-refractivity contribution in [3.63, 3.8) is 0 Å². The van der Waals surface area contributed by atoms with Gasteiger partial charge in [-0.05, 0) is 12.1 Å². The van der Waals surface area contributed by atoms with E-state index in [0.29, 0.717) is 10.8 Å². The summed E-state index contributed by atoms with van der Waals surface area (Å²) >= 11 is 5.64. The SMILES string of the molecule is O=C(Nc1ccc(Cl)cn1)c1ncn[nH]1. The molecule has 6 nitrogen and oxygen atoms in total. The molecule has 2 rings (SSSR count). The molecule has 0 aromatic carbocycles. The van der Waals surface area contributed by atoms with Crippen molar-refractivity contribution in [3.8, 4) is 0 Å². The second kappa shape index (κ2) is 4.05. The Morgan fingerprint density at radius 2 is 2.27 bits per heavy atom. The maximum Gasteiger partial charge on any atom is 0.294 e. The predicted molar refractivity (Wildman–Crippen MR) is 53.6 cm³/mol. The van der Waals surface area contributed by atoms with E-state index >= 15 is 0 Å². The van der Waals surface area contributed by atoms with Crippen LogP contribution in [-0.2, 0) is 0 Å². The zero-order valence-corrected chi connectivity index (χ0v) is 8.19. The van der Waals surface area contributed by atoms with Gasteiger partial charge in [-0.25, -0.2) is 9.97 Å². The number of hydrogen-bond acceptors (Lipinski definition) is 4. The standard InChI is InChI=1S/C8H6ClN5O/c9-5-1-2-6(10-3-5)13-8(15)7-11-4-12-14-7/h1-4H,(H,10,13,15)(H,11,12,14). The van der Waals surface area contributed by atoms with Crippen LogP contribution in [-0.4, -0.2) is 26.1 Å². The van der Waals surface area contributed by atoms with Gasteiger partial charge in [-0.3, -0.25) is 9.89 Å². The van der Waals surface area contributed by atoms with Gasteiger partial charge in [0.2, 0.25) is 5.82 Å². The van der Waals surface area contributed by atoms with Crippen LogP contribution in [0.25, 0.3) is 0 Å². The van der Waals surface area contributed by atoms with Crippen LogP contribution in [0.4, 0.5) is 5.82 Å². The van der Waals surface area contributed by atoms with Crippen molar-refractivity contribution in [1.29, 1.82) is 0 Å². The number of nitrogens with zero attached hydrogens (tertiary/aromatic N) is 3. The summed E-state index contributed by atoms with van der Waals surface area (Å²) < 4.78 is 0. The highest BCUT2D eigenvalue weighted by atomic mass is 35.5. The summed E-state index contributed by atoms with van der Waals surface area (Å²) in [7, 11) is 0. The van der Waals surface area contributed by atoms with Crippen LogP contribution >= 0.6 is 11.6 Å². The fraction of sp³-hybridized carbons (Fsp3) is 0. The molecule has 0 saturated heterocycles. The average molecular weight is 224 g/mol. The van der Waals surface area contributed by atoms with Crippen LogP contribution in [0, 0.1) is 0 Å². The van der Waals surface area contributed by atoms with Crippen LogP contribution in [0.3, 0.4) is 0 Å². The van der Waals surface area contributed by atoms with Gasteiger partial charge in [0.15, 0.2) is 0 Å². The van der Waals surface area contributed by atoms with Gasteiger partial charge in [0.05, 0.1) is 5.02 Å². The quantitative estimate of drug-likeness (QED) is 0.799. The van der Waals surface area contributed by atoms with E-state index < -0.39 is 5.91 Å². The summed E-state index contributed by atoms with van der Waals surface area (Å²) in [5, 5.41) is 9.04. The van der Waals surface area contributed by atoms with Gasteiger partial charge < -0.3 is 5.32 Å². The van der Waals surface area contributed by atoms with E-state index in [4.69, 9.17) is 11.6 Å². The minimum atomic E-state index is -0.401. The average Bonchev–Trinajstić information content (AvgIpc) is 2.74. The lowest BCUT2D eigenvalue weighted by molar-refractivity contribution is 0.101. The summed E-state index contributed by atoms with van der Waals surface area (Å²) in [4.78, 5) is 19.0. The predicted octanol–water partition coefficient (Wildman–Crippen LogP) is 1.11. The van der Waals surface area contributed by atoms with E-state index in [1.807, 2.05) is 0 Å². The molecule has 0 aliphatic carbocycles. The first-order valence-electron chi connectivity index (χ1n) is 4.04. The number of amides is 1. The molecule has 2 N–H and O–H groups in total. The van der Waals surface area contributed by atoms with Gasteiger partial charge in [0.25, 0.3) is 5.91 Å². The van der Waals surface area contributed by atoms with Crippen molar-refractivity contribution in [2.75, 3.05) is 5.32 Å². The van der Waals surface area contributed by atoms with Gasteiger partial charge in [0.1, 0.15) is 12.1 Å². The molecule has 15 heavy (non-hydrogen) atoms. The number of nitrogens with one attached hydrogen (secondary N) is 2. The lowest BCUT2D eigenvalue weighted by Crippen LogP contribution is -2.14. The smallest absolute Gasteiger partial charge is 0.294 e. The van der Waals surface area contributed by atoms with E-state index in [9.17, 15) is 4.79 Å². The van der Waals surface area contributed by atoms with Crippen molar-refractivity contribution < 1.29 is 4.79 Å². The third-order valence-electron chi connectivity index (χ3n) is 1.60. The molecule has 0 spiro atoms. The van der Waals surface area contributed by atoms with E-state index in [-0.39, 0.29) is 5.82 Å². The zero-order valence-electron chi connectivity index (χ0n) is 7.44. The molecule has 0 unspecified atom stereocenters. The van der Waals surface area contributed by atoms with Crippen molar-refractivity contribution >= 4 is 23.3 Å². The van der Waals surface area contributed by atoms with E-state index in [1.54, 1.807) is 12.1 Å². The number of pyridine rings is 1. The molecule has 0 aliphatic rings. The van der Waals surface area contributed by atoms with Crippen LogP contribution in [0.1, 0.15) is 10.6 Å². The lowest BCUT2D eigenvalue weighted by atomic mass is 10.4. The fourth-order valence-electron chi connectivity index (χ4n) is 0.940. The first kappa shape index (κ1) is 9.60. The molecular formula is C8H6ClN5O. The van der Waals surface area contributed by atoms with E-state index in [1.165, 1.54) is 12.5 Å². The minimum absolute atomic E-state index is 0.131. The first-order chi connectivity index (χ1) is 7.25. The monoisotopic (exact) mass is 223 g/mol. The molecule has 76 valence electrons. The molecular weight excluding hydrogens is 218 g/mol. The Labute approximate surface area is 89.7 Å². The Kier molecular flexibility index (Phi) is 2.59. The second-order valence-electron chi connectivity index (χ2n) is 2.65. The van der Waals surface area contributed by atoms with Crippen molar-refractivity contribution in [1.82, 2.24) is 20.2 Å². The van der Waals surface area contributed by atoms with Gasteiger partial charge in [-0.1, -0.05) is 11.6 Å². The maximum atomic E-state index is 11.4. The molecule has 0 atom stereocenters. The number of aromatic nitrogens is 4. The van der Waals surface area contributed by atoms with Crippen molar-refractivity contribution in [3.05, 3.63) is 35.5 Å². The van der Waals surface area contributed by atoms with Gasteiger partial charge in [-0.2, -0.15) is 5.10 Å². The summed E-state index contributed by atoms with van der Waals surface area (Å²) in [5.41, 5.74) is 0. The fourth-order valence-corrected chi connectivity index (χ4v) is 1.05. The Hall–Kier alpha value is -1.95. The number of carbonyl (C=O) groups is 1. The van der Waals surface area contributed by atoms with Crippen molar-refractivity contribution in [2.45, 2.75) is 0 Å². The Morgan fingerprint density at radius 1 is 1.40 bits per heavy atom. The molecule has 0 saturated carbocycles. The third kappa shape index (κ3) is 2.29. The minimum Gasteiger partial charge on any atom is -0.304 e. The normalized spacial score (nSPS) is 9.93. The van der Waals surface area contributed by atoms with Crippen LogP contribution in [0.15, 0.2) is 24.7 Å². The molecule has 2 heterocycles. The van der Waals surface area contributed by atoms with Crippen LogP contribution in [0.2, 0.25) is 5.02 Å². The summed E-state index contributed by atoms with van der Waals surface area (Å²) in [5.74, 6) is 0.134. The van der Waals surface area contributed by atoms with Gasteiger partial charge >= 0.3 is 0 Å². The second-order valence-corrected chi connectivity index (χ2v) is 3.09. The molecule has 0 aliphatic heterocycles. The molecule has 2 aromatic rings. The molecule has 7 heteroatoms. The Bertz CT molecular complexity index is 452. The first-order valence-corrected chi connectivity index (χ1v) is 4.42. The third-order valence-corrected chi connectivity index (χ3v) is 1.82. The molecule has 0 bridgehead atoms. The molecule has 1 amide bonds. The highest BCUT2D eigenvalue weighted by Gasteiger charge is 2.08. The summed E-state index contributed by atoms with van der Waals surface area (Å²) in [6, 6.07) is 3.22. The number of H-pyrrole nitrogens is 1. The van der Waals surface area contributed by atoms with Gasteiger partial charge in [0, 0.05) is 6.20 Å². The number of anilines is 1. The molecule has 0 radical (unpaired) electrons. The topological polar surface area (TPSA) is 83.6 Å². The Balaban J connectivity index is 2.09. The van der Waals surface area contributed by atoms with Crippen molar-refractivity contribution in [2.24, 2.45) is 0 Å². The molecule has 0 fully saturated rings. The largest absolute Gasteiger partial charge is 0.304 e. The number of hydrogen-bond donors (Lipinski definition) is 2. The lowest BCUT2D eigenvalue weighted by Gasteiger charge is -2.00. The maximum absolute atomic E-state index is 11.4. The highest BCUT2D eigenvalue weighted by molar-refractivity contribution is 6.30. The van der Waals surface area contributed by atoms with Crippen LogP contribution in [0.5, 0.6) is 0 Å². The highest BCUT2D eigenvalue weighted by Crippen LogP contribution is 2.09.